The van der Waals surface area contributed by atoms with Crippen molar-refractivity contribution in [3.63, 3.8) is 0 Å². The van der Waals surface area contributed by atoms with Crippen molar-refractivity contribution in [3.05, 3.63) is 0 Å². The number of hydrogen-bond acceptors (Lipinski definition) is 3. The van der Waals surface area contributed by atoms with Gasteiger partial charge in [0.2, 0.25) is 0 Å². The van der Waals surface area contributed by atoms with Gasteiger partial charge in [-0.3, -0.25) is 10.6 Å². The van der Waals surface area contributed by atoms with Crippen molar-refractivity contribution in [1.82, 2.24) is 10.6 Å². The Morgan fingerprint density at radius 1 is 0.933 bits per heavy atom. The molecular formula is C12H24N2O. The molecule has 0 atom stereocenters. The average Bonchev–Trinajstić information content (AvgIpc) is 2.25. The molecule has 0 aromatic rings. The predicted molar refractivity (Wildman–Crippen MR) is 61.6 cm³/mol. The quantitative estimate of drug-likeness (QED) is 0.568. The smallest absolute Gasteiger partial charge is 0.0698 e. The fraction of sp³-hybridized carbons (Fsp3) is 1.00. The van der Waals surface area contributed by atoms with Crippen LogP contribution in [0.4, 0.5) is 0 Å². The number of nitrogens with one attached hydrogen (secondary N) is 2. The van der Waals surface area contributed by atoms with E-state index >= 15 is 0 Å². The molecule has 0 bridgehead atoms. The zero-order chi connectivity index (χ0) is 11.3. The summed E-state index contributed by atoms with van der Waals surface area (Å²) in [4.78, 5) is 0. The van der Waals surface area contributed by atoms with Crippen molar-refractivity contribution in [2.45, 2.75) is 76.2 Å². The molecule has 3 heteroatoms. The maximum Gasteiger partial charge on any atom is 0.0698 e. The van der Waals surface area contributed by atoms with E-state index in [-0.39, 0.29) is 22.8 Å². The highest BCUT2D eigenvalue weighted by Crippen LogP contribution is 2.39. The van der Waals surface area contributed by atoms with E-state index in [1.165, 1.54) is 0 Å². The van der Waals surface area contributed by atoms with Gasteiger partial charge in [0.1, 0.15) is 0 Å². The van der Waals surface area contributed by atoms with Gasteiger partial charge in [-0.2, -0.15) is 0 Å². The highest BCUT2D eigenvalue weighted by atomic mass is 16.3. The average molecular weight is 212 g/mol. The Kier molecular flexibility index (Phi) is 2.42. The van der Waals surface area contributed by atoms with Gasteiger partial charge in [-0.05, 0) is 53.4 Å². The standard InChI is InChI=1S/C12H24N2O/c1-10(2)11(3,4)14-12(13-10)7-5-9(15)6-8-12/h9,13-15H,5-8H2,1-4H3. The van der Waals surface area contributed by atoms with Crippen LogP contribution in [0.5, 0.6) is 0 Å². The topological polar surface area (TPSA) is 44.3 Å². The lowest BCUT2D eigenvalue weighted by Gasteiger charge is -2.37. The van der Waals surface area contributed by atoms with Crippen LogP contribution in [-0.2, 0) is 0 Å². The molecule has 1 heterocycles. The van der Waals surface area contributed by atoms with E-state index < -0.39 is 0 Å². The summed E-state index contributed by atoms with van der Waals surface area (Å²) in [6.07, 6.45) is 3.78. The second-order valence-electron chi connectivity index (χ2n) is 6.31. The van der Waals surface area contributed by atoms with Gasteiger partial charge in [0.15, 0.2) is 0 Å². The van der Waals surface area contributed by atoms with Crippen molar-refractivity contribution in [1.29, 1.82) is 0 Å². The van der Waals surface area contributed by atoms with Crippen molar-refractivity contribution >= 4 is 0 Å². The molecule has 3 N–H and O–H groups in total. The van der Waals surface area contributed by atoms with Crippen molar-refractivity contribution in [2.24, 2.45) is 0 Å². The normalized spacial score (nSPS) is 33.4. The Balaban J connectivity index is 2.14. The molecule has 88 valence electrons. The van der Waals surface area contributed by atoms with E-state index in [1.807, 2.05) is 0 Å². The third-order valence-electron chi connectivity index (χ3n) is 4.47. The molecule has 15 heavy (non-hydrogen) atoms. The Labute approximate surface area is 92.6 Å². The summed E-state index contributed by atoms with van der Waals surface area (Å²) in [7, 11) is 0. The summed E-state index contributed by atoms with van der Waals surface area (Å²) in [5, 5.41) is 17.0. The zero-order valence-corrected chi connectivity index (χ0v) is 10.4. The molecule has 0 aromatic heterocycles. The van der Waals surface area contributed by atoms with Crippen molar-refractivity contribution < 1.29 is 5.11 Å². The third kappa shape index (κ3) is 1.81. The van der Waals surface area contributed by atoms with Gasteiger partial charge in [0, 0.05) is 11.1 Å². The van der Waals surface area contributed by atoms with Gasteiger partial charge in [-0.1, -0.05) is 0 Å². The molecule has 2 fully saturated rings. The van der Waals surface area contributed by atoms with Crippen LogP contribution in [0.2, 0.25) is 0 Å². The minimum Gasteiger partial charge on any atom is -0.393 e. The SMILES string of the molecule is CC1(C)NC2(CCC(O)CC2)NC1(C)C. The molecule has 1 aliphatic carbocycles. The predicted octanol–water partition coefficient (Wildman–Crippen LogP) is 1.37. The summed E-state index contributed by atoms with van der Waals surface area (Å²) < 4.78 is 0. The van der Waals surface area contributed by atoms with Crippen LogP contribution in [-0.4, -0.2) is 28.0 Å². The molecule has 0 radical (unpaired) electrons. The van der Waals surface area contributed by atoms with E-state index in [4.69, 9.17) is 0 Å². The molecule has 0 aromatic carbocycles. The second kappa shape index (κ2) is 3.19. The number of aliphatic hydroxyl groups excluding tert-OH is 1. The number of aliphatic hydroxyl groups is 1. The lowest BCUT2D eigenvalue weighted by Crippen LogP contribution is -2.54. The first-order valence-electron chi connectivity index (χ1n) is 6.03. The fourth-order valence-electron chi connectivity index (χ4n) is 2.89. The van der Waals surface area contributed by atoms with Crippen LogP contribution < -0.4 is 10.6 Å². The first-order valence-corrected chi connectivity index (χ1v) is 6.03. The van der Waals surface area contributed by atoms with Crippen LogP contribution in [0.1, 0.15) is 53.4 Å². The summed E-state index contributed by atoms with van der Waals surface area (Å²) >= 11 is 0. The summed E-state index contributed by atoms with van der Waals surface area (Å²) in [6, 6.07) is 0. The van der Waals surface area contributed by atoms with Gasteiger partial charge in [0.25, 0.3) is 0 Å². The molecule has 1 spiro atoms. The van der Waals surface area contributed by atoms with Gasteiger partial charge < -0.3 is 5.11 Å². The minimum atomic E-state index is -0.0916. The largest absolute Gasteiger partial charge is 0.393 e. The molecular weight excluding hydrogens is 188 g/mol. The van der Waals surface area contributed by atoms with E-state index in [2.05, 4.69) is 38.3 Å². The monoisotopic (exact) mass is 212 g/mol. The first-order chi connectivity index (χ1) is 6.77. The van der Waals surface area contributed by atoms with Gasteiger partial charge in [-0.25, -0.2) is 0 Å². The summed E-state index contributed by atoms with van der Waals surface area (Å²) in [5.74, 6) is 0. The molecule has 0 amide bonds. The molecule has 1 aliphatic heterocycles. The Morgan fingerprint density at radius 3 is 1.73 bits per heavy atom. The van der Waals surface area contributed by atoms with Crippen molar-refractivity contribution in [3.8, 4) is 0 Å². The molecule has 0 unspecified atom stereocenters. The van der Waals surface area contributed by atoms with E-state index in [1.54, 1.807) is 0 Å². The van der Waals surface area contributed by atoms with Crippen molar-refractivity contribution in [2.75, 3.05) is 0 Å². The van der Waals surface area contributed by atoms with Crippen LogP contribution in [0.25, 0.3) is 0 Å². The van der Waals surface area contributed by atoms with Crippen LogP contribution in [0.15, 0.2) is 0 Å². The van der Waals surface area contributed by atoms with E-state index in [9.17, 15) is 5.11 Å². The maximum atomic E-state index is 9.56. The fourth-order valence-corrected chi connectivity index (χ4v) is 2.89. The molecule has 2 aliphatic rings. The van der Waals surface area contributed by atoms with Crippen LogP contribution in [0.3, 0.4) is 0 Å². The zero-order valence-electron chi connectivity index (χ0n) is 10.4. The Bertz CT molecular complexity index is 234. The van der Waals surface area contributed by atoms with Gasteiger partial charge in [-0.15, -0.1) is 0 Å². The first kappa shape index (κ1) is 11.4. The Hall–Kier alpha value is -0.120. The van der Waals surface area contributed by atoms with Gasteiger partial charge >= 0.3 is 0 Å². The lowest BCUT2D eigenvalue weighted by atomic mass is 9.85. The second-order valence-corrected chi connectivity index (χ2v) is 6.31. The van der Waals surface area contributed by atoms with Crippen LogP contribution >= 0.6 is 0 Å². The van der Waals surface area contributed by atoms with E-state index in [0.29, 0.717) is 0 Å². The highest BCUT2D eigenvalue weighted by Gasteiger charge is 2.53. The van der Waals surface area contributed by atoms with Crippen LogP contribution in [0, 0.1) is 0 Å². The van der Waals surface area contributed by atoms with E-state index in [0.717, 1.165) is 25.7 Å². The van der Waals surface area contributed by atoms with Gasteiger partial charge in [0.05, 0.1) is 11.8 Å². The lowest BCUT2D eigenvalue weighted by molar-refractivity contribution is 0.0771. The number of rotatable bonds is 0. The molecule has 3 nitrogen and oxygen atoms in total. The molecule has 1 saturated carbocycles. The Morgan fingerprint density at radius 2 is 1.33 bits per heavy atom. The third-order valence-corrected chi connectivity index (χ3v) is 4.47. The highest BCUT2D eigenvalue weighted by molar-refractivity contribution is 5.14. The maximum absolute atomic E-state index is 9.56. The number of hydrogen-bond donors (Lipinski definition) is 3. The summed E-state index contributed by atoms with van der Waals surface area (Å²) in [6.45, 7) is 9.00. The molecule has 1 saturated heterocycles. The minimum absolute atomic E-state index is 0.0617. The molecule has 2 rings (SSSR count). The summed E-state index contributed by atoms with van der Waals surface area (Å²) in [5.41, 5.74) is 0.275.